The monoisotopic (exact) mass is 253 g/mol. The van der Waals surface area contributed by atoms with Crippen molar-refractivity contribution in [1.82, 2.24) is 0 Å². The van der Waals surface area contributed by atoms with Crippen LogP contribution in [-0.2, 0) is 0 Å². The summed E-state index contributed by atoms with van der Waals surface area (Å²) < 4.78 is 10.5. The Morgan fingerprint density at radius 1 is 1.22 bits per heavy atom. The molecule has 0 amide bonds. The third-order valence-electron chi connectivity index (χ3n) is 2.53. The molecule has 2 aromatic rings. The number of phenolic OH excluding ortho intramolecular Hbond substituents is 1. The molecular weight excluding hydrogens is 242 g/mol. The Morgan fingerprint density at radius 2 is 1.83 bits per heavy atom. The largest absolute Gasteiger partial charge is 0.614 e. The summed E-state index contributed by atoms with van der Waals surface area (Å²) >= 11 is 0. The Balaban J connectivity index is 3.02. The van der Waals surface area contributed by atoms with Crippen molar-refractivity contribution in [2.45, 2.75) is 0 Å². The van der Waals surface area contributed by atoms with Crippen molar-refractivity contribution in [3.8, 4) is 17.2 Å². The third-order valence-corrected chi connectivity index (χ3v) is 2.53. The highest BCUT2D eigenvalue weighted by molar-refractivity contribution is 5.97. The summed E-state index contributed by atoms with van der Waals surface area (Å²) in [6, 6.07) is 0. The molecule has 0 aliphatic heterocycles. The van der Waals surface area contributed by atoms with Crippen LogP contribution in [0, 0.1) is 10.4 Å². The minimum atomic E-state index is -0.381. The molecule has 0 spiro atoms. The molecular formula is C10H11N3O5. The second-order valence-corrected chi connectivity index (χ2v) is 3.52. The quantitative estimate of drug-likeness (QED) is 0.319. The van der Waals surface area contributed by atoms with Gasteiger partial charge < -0.3 is 30.7 Å². The molecule has 0 atom stereocenters. The summed E-state index contributed by atoms with van der Waals surface area (Å²) in [4.78, 5) is 0. The number of nitrogens with two attached hydrogens (primary N) is 1. The SMILES string of the molecule is COc1c(OC)c(N)c2c(c[n+]([O-])c[n+]2[O-])c1O. The number of aromatic hydroxyl groups is 1. The standard InChI is InChI=1S/C10H11N3O5/c1-17-9-6(11)7-5(8(14)10(9)18-2)3-12(15)4-13(7)16/h3-4,14H,11H2,1-2H3. The fourth-order valence-corrected chi connectivity index (χ4v) is 1.79. The summed E-state index contributed by atoms with van der Waals surface area (Å²) in [5.41, 5.74) is 5.70. The normalized spacial score (nSPS) is 10.6. The highest BCUT2D eigenvalue weighted by Crippen LogP contribution is 2.46. The molecule has 0 aliphatic rings. The Kier molecular flexibility index (Phi) is 2.62. The van der Waals surface area contributed by atoms with E-state index in [1.807, 2.05) is 0 Å². The molecule has 0 saturated carbocycles. The highest BCUT2D eigenvalue weighted by Gasteiger charge is 2.26. The van der Waals surface area contributed by atoms with E-state index in [1.54, 1.807) is 0 Å². The minimum absolute atomic E-state index is 0.0160. The number of fused-ring (bicyclic) bond motifs is 1. The van der Waals surface area contributed by atoms with E-state index in [-0.39, 0.29) is 43.3 Å². The number of anilines is 1. The van der Waals surface area contributed by atoms with Crippen molar-refractivity contribution in [1.29, 1.82) is 0 Å². The van der Waals surface area contributed by atoms with E-state index in [2.05, 4.69) is 0 Å². The van der Waals surface area contributed by atoms with Crippen LogP contribution in [-0.4, -0.2) is 19.3 Å². The molecule has 1 aromatic carbocycles. The molecule has 0 radical (unpaired) electrons. The summed E-state index contributed by atoms with van der Waals surface area (Å²) in [6.45, 7) is 0. The molecule has 3 N–H and O–H groups in total. The van der Waals surface area contributed by atoms with Crippen LogP contribution in [0.1, 0.15) is 0 Å². The number of benzene rings is 1. The Hall–Kier alpha value is -2.64. The fourth-order valence-electron chi connectivity index (χ4n) is 1.79. The van der Waals surface area contributed by atoms with Gasteiger partial charge in [0, 0.05) is 0 Å². The van der Waals surface area contributed by atoms with Gasteiger partial charge in [-0.05, 0) is 0 Å². The molecule has 18 heavy (non-hydrogen) atoms. The first-order valence-corrected chi connectivity index (χ1v) is 4.89. The minimum Gasteiger partial charge on any atom is -0.614 e. The summed E-state index contributed by atoms with van der Waals surface area (Å²) in [6.07, 6.45) is 1.77. The van der Waals surface area contributed by atoms with E-state index in [9.17, 15) is 15.5 Å². The molecule has 96 valence electrons. The first-order valence-electron chi connectivity index (χ1n) is 4.89. The number of methoxy groups -OCH3 is 2. The highest BCUT2D eigenvalue weighted by atomic mass is 16.5. The lowest BCUT2D eigenvalue weighted by molar-refractivity contribution is -0.730. The number of hydrogen-bond donors (Lipinski definition) is 2. The molecule has 1 aromatic heterocycles. The van der Waals surface area contributed by atoms with Crippen LogP contribution in [0.4, 0.5) is 5.69 Å². The number of hydrogen-bond acceptors (Lipinski definition) is 6. The molecule has 0 fully saturated rings. The first-order chi connectivity index (χ1) is 8.51. The molecule has 2 rings (SSSR count). The molecule has 0 unspecified atom stereocenters. The van der Waals surface area contributed by atoms with Gasteiger partial charge in [0.25, 0.3) is 5.52 Å². The number of nitrogens with zero attached hydrogens (tertiary/aromatic N) is 2. The maximum atomic E-state index is 11.6. The van der Waals surface area contributed by atoms with E-state index >= 15 is 0 Å². The van der Waals surface area contributed by atoms with E-state index < -0.39 is 0 Å². The maximum Gasteiger partial charge on any atom is 0.430 e. The summed E-state index contributed by atoms with van der Waals surface area (Å²) in [5, 5.41) is 32.8. The lowest BCUT2D eigenvalue weighted by atomic mass is 10.1. The van der Waals surface area contributed by atoms with Crippen LogP contribution in [0.2, 0.25) is 0 Å². The van der Waals surface area contributed by atoms with Crippen molar-refractivity contribution < 1.29 is 24.0 Å². The zero-order valence-corrected chi connectivity index (χ0v) is 9.71. The number of rotatable bonds is 2. The molecule has 8 nitrogen and oxygen atoms in total. The predicted octanol–water partition coefficient (Wildman–Crippen LogP) is -0.588. The summed E-state index contributed by atoms with van der Waals surface area (Å²) in [7, 11) is 2.63. The van der Waals surface area contributed by atoms with Gasteiger partial charge in [0.15, 0.2) is 22.6 Å². The average molecular weight is 253 g/mol. The molecule has 0 bridgehead atoms. The van der Waals surface area contributed by atoms with Gasteiger partial charge in [0.2, 0.25) is 11.9 Å². The van der Waals surface area contributed by atoms with Gasteiger partial charge in [0.1, 0.15) is 0 Å². The predicted molar refractivity (Wildman–Crippen MR) is 61.0 cm³/mol. The number of nitrogen functional groups attached to an aromatic ring is 1. The number of aromatic nitrogens is 2. The first kappa shape index (κ1) is 11.8. The van der Waals surface area contributed by atoms with Crippen molar-refractivity contribution in [2.75, 3.05) is 20.0 Å². The smallest absolute Gasteiger partial charge is 0.430 e. The van der Waals surface area contributed by atoms with Crippen molar-refractivity contribution in [2.24, 2.45) is 0 Å². The average Bonchev–Trinajstić information content (AvgIpc) is 2.32. The van der Waals surface area contributed by atoms with Gasteiger partial charge >= 0.3 is 6.33 Å². The van der Waals surface area contributed by atoms with Gasteiger partial charge in [-0.25, -0.2) is 0 Å². The van der Waals surface area contributed by atoms with E-state index in [0.29, 0.717) is 0 Å². The zero-order valence-electron chi connectivity index (χ0n) is 9.71. The molecule has 0 aliphatic carbocycles. The summed E-state index contributed by atoms with van der Waals surface area (Å²) in [5.74, 6) is -0.377. The van der Waals surface area contributed by atoms with Crippen molar-refractivity contribution in [3.05, 3.63) is 22.9 Å². The van der Waals surface area contributed by atoms with Crippen LogP contribution in [0.25, 0.3) is 10.9 Å². The van der Waals surface area contributed by atoms with Crippen LogP contribution < -0.4 is 24.7 Å². The van der Waals surface area contributed by atoms with Crippen LogP contribution in [0.15, 0.2) is 12.5 Å². The van der Waals surface area contributed by atoms with Gasteiger partial charge in [0.05, 0.1) is 14.2 Å². The second-order valence-electron chi connectivity index (χ2n) is 3.52. The van der Waals surface area contributed by atoms with Gasteiger partial charge in [-0.3, -0.25) is 0 Å². The fraction of sp³-hybridized carbons (Fsp3) is 0.200. The maximum absolute atomic E-state index is 11.6. The van der Waals surface area contributed by atoms with Crippen molar-refractivity contribution >= 4 is 16.6 Å². The Morgan fingerprint density at radius 3 is 2.39 bits per heavy atom. The number of ether oxygens (including phenoxy) is 2. The second kappa shape index (κ2) is 3.99. The molecule has 0 saturated heterocycles. The van der Waals surface area contributed by atoms with Gasteiger partial charge in [-0.2, -0.15) is 0 Å². The Bertz CT molecular complexity index is 629. The third kappa shape index (κ3) is 1.46. The van der Waals surface area contributed by atoms with E-state index in [4.69, 9.17) is 15.2 Å². The van der Waals surface area contributed by atoms with Crippen LogP contribution in [0.3, 0.4) is 0 Å². The molecule has 8 heteroatoms. The van der Waals surface area contributed by atoms with Gasteiger partial charge in [-0.15, -0.1) is 9.46 Å². The Labute approximate surface area is 102 Å². The van der Waals surface area contributed by atoms with E-state index in [0.717, 1.165) is 12.5 Å². The van der Waals surface area contributed by atoms with Crippen LogP contribution >= 0.6 is 0 Å². The lowest BCUT2D eigenvalue weighted by Gasteiger charge is -2.13. The zero-order chi connectivity index (χ0) is 13.4. The van der Waals surface area contributed by atoms with Crippen molar-refractivity contribution in [3.63, 3.8) is 0 Å². The molecule has 1 heterocycles. The topological polar surface area (TPSA) is 119 Å². The van der Waals surface area contributed by atoms with Gasteiger partial charge in [-0.1, -0.05) is 0 Å². The lowest BCUT2D eigenvalue weighted by Crippen LogP contribution is -2.40. The van der Waals surface area contributed by atoms with Crippen LogP contribution in [0.5, 0.6) is 17.2 Å². The number of phenols is 1. The van der Waals surface area contributed by atoms with E-state index in [1.165, 1.54) is 14.2 Å².